The normalized spacial score (nSPS) is 13.3. The zero-order valence-electron chi connectivity index (χ0n) is 17.3. The molecule has 2 aromatic heterocycles. The lowest BCUT2D eigenvalue weighted by Crippen LogP contribution is -2.27. The Balaban J connectivity index is 1.30. The van der Waals surface area contributed by atoms with Crippen molar-refractivity contribution in [3.8, 4) is 22.8 Å². The molecular weight excluding hydrogens is 390 g/mol. The topological polar surface area (TPSA) is 85.8 Å². The number of amides is 1. The van der Waals surface area contributed by atoms with E-state index in [0.717, 1.165) is 11.4 Å². The number of nitrogens with zero attached hydrogens (tertiary/aromatic N) is 4. The molecule has 0 spiro atoms. The zero-order chi connectivity index (χ0) is 21.2. The van der Waals surface area contributed by atoms with E-state index < -0.39 is 0 Å². The standard InChI is InChI=1S/C24H23N5O2/c1-16-6-8-17(9-7-16)21-14-26-24(31-21)20-5-3-2-4-19(20)23(30)25-13-12-22-28-27-15-29(22)18-10-11-18/h2-9,14-15,18H,10-13H2,1H3,(H,25,30). The molecule has 1 aliphatic carbocycles. The fourth-order valence-corrected chi connectivity index (χ4v) is 3.60. The lowest BCUT2D eigenvalue weighted by Gasteiger charge is -2.09. The minimum Gasteiger partial charge on any atom is -0.436 e. The van der Waals surface area contributed by atoms with Crippen molar-refractivity contribution in [2.45, 2.75) is 32.2 Å². The first-order valence-electron chi connectivity index (χ1n) is 10.5. The van der Waals surface area contributed by atoms with Crippen LogP contribution in [0.3, 0.4) is 0 Å². The summed E-state index contributed by atoms with van der Waals surface area (Å²) in [7, 11) is 0. The number of carbonyl (C=O) groups is 1. The molecule has 5 rings (SSSR count). The molecule has 1 fully saturated rings. The molecule has 1 amide bonds. The number of benzene rings is 2. The Labute approximate surface area is 180 Å². The molecule has 7 nitrogen and oxygen atoms in total. The van der Waals surface area contributed by atoms with Crippen LogP contribution in [0.15, 0.2) is 65.5 Å². The number of aryl methyl sites for hydroxylation is 1. The van der Waals surface area contributed by atoms with Crippen LogP contribution < -0.4 is 5.32 Å². The smallest absolute Gasteiger partial charge is 0.252 e. The van der Waals surface area contributed by atoms with Gasteiger partial charge in [0.05, 0.1) is 11.8 Å². The van der Waals surface area contributed by atoms with Crippen molar-refractivity contribution in [3.05, 3.63) is 78.0 Å². The van der Waals surface area contributed by atoms with Gasteiger partial charge < -0.3 is 14.3 Å². The summed E-state index contributed by atoms with van der Waals surface area (Å²) < 4.78 is 8.10. The predicted octanol–water partition coefficient (Wildman–Crippen LogP) is 4.22. The third-order valence-electron chi connectivity index (χ3n) is 5.47. The first kappa shape index (κ1) is 19.2. The van der Waals surface area contributed by atoms with Crippen LogP contribution in [0, 0.1) is 6.92 Å². The highest BCUT2D eigenvalue weighted by atomic mass is 16.4. The van der Waals surface area contributed by atoms with E-state index in [2.05, 4.69) is 25.1 Å². The van der Waals surface area contributed by atoms with Gasteiger partial charge in [-0.25, -0.2) is 4.98 Å². The van der Waals surface area contributed by atoms with E-state index in [-0.39, 0.29) is 5.91 Å². The van der Waals surface area contributed by atoms with Crippen LogP contribution in [-0.4, -0.2) is 32.2 Å². The first-order valence-corrected chi connectivity index (χ1v) is 10.5. The van der Waals surface area contributed by atoms with Crippen LogP contribution in [0.1, 0.15) is 40.6 Å². The molecule has 2 heterocycles. The maximum absolute atomic E-state index is 12.9. The van der Waals surface area contributed by atoms with E-state index in [0.29, 0.717) is 41.8 Å². The second kappa shape index (κ2) is 8.18. The molecular formula is C24H23N5O2. The number of rotatable bonds is 7. The quantitative estimate of drug-likeness (QED) is 0.490. The van der Waals surface area contributed by atoms with Crippen molar-refractivity contribution in [3.63, 3.8) is 0 Å². The minimum absolute atomic E-state index is 0.164. The van der Waals surface area contributed by atoms with E-state index >= 15 is 0 Å². The van der Waals surface area contributed by atoms with Gasteiger partial charge in [-0.05, 0) is 31.9 Å². The molecule has 0 radical (unpaired) electrons. The van der Waals surface area contributed by atoms with Crippen LogP contribution in [-0.2, 0) is 6.42 Å². The molecule has 1 aliphatic rings. The van der Waals surface area contributed by atoms with E-state index in [1.165, 1.54) is 18.4 Å². The molecule has 0 aliphatic heterocycles. The Morgan fingerprint density at radius 3 is 2.77 bits per heavy atom. The van der Waals surface area contributed by atoms with Crippen LogP contribution in [0.25, 0.3) is 22.8 Å². The molecule has 0 atom stereocenters. The largest absolute Gasteiger partial charge is 0.436 e. The number of nitrogens with one attached hydrogen (secondary N) is 1. The molecule has 0 unspecified atom stereocenters. The van der Waals surface area contributed by atoms with E-state index in [1.54, 1.807) is 18.6 Å². The summed E-state index contributed by atoms with van der Waals surface area (Å²) in [4.78, 5) is 17.3. The number of hydrogen-bond donors (Lipinski definition) is 1. The van der Waals surface area contributed by atoms with Crippen LogP contribution in [0.5, 0.6) is 0 Å². The molecule has 4 aromatic rings. The van der Waals surface area contributed by atoms with Gasteiger partial charge in [-0.3, -0.25) is 4.79 Å². The molecule has 7 heteroatoms. The third kappa shape index (κ3) is 4.12. The van der Waals surface area contributed by atoms with Gasteiger partial charge in [-0.2, -0.15) is 0 Å². The maximum atomic E-state index is 12.9. The Morgan fingerprint density at radius 1 is 1.16 bits per heavy atom. The van der Waals surface area contributed by atoms with E-state index in [4.69, 9.17) is 4.42 Å². The second-order valence-electron chi connectivity index (χ2n) is 7.83. The van der Waals surface area contributed by atoms with Gasteiger partial charge in [0.2, 0.25) is 5.89 Å². The summed E-state index contributed by atoms with van der Waals surface area (Å²) in [6.45, 7) is 2.53. The van der Waals surface area contributed by atoms with E-state index in [1.807, 2.05) is 49.4 Å². The lowest BCUT2D eigenvalue weighted by molar-refractivity contribution is 0.0954. The van der Waals surface area contributed by atoms with Crippen molar-refractivity contribution < 1.29 is 9.21 Å². The van der Waals surface area contributed by atoms with Crippen molar-refractivity contribution in [1.82, 2.24) is 25.1 Å². The first-order chi connectivity index (χ1) is 15.2. The second-order valence-corrected chi connectivity index (χ2v) is 7.83. The van der Waals surface area contributed by atoms with Gasteiger partial charge in [0, 0.05) is 30.1 Å². The monoisotopic (exact) mass is 413 g/mol. The van der Waals surface area contributed by atoms with Crippen molar-refractivity contribution >= 4 is 5.91 Å². The third-order valence-corrected chi connectivity index (χ3v) is 5.47. The lowest BCUT2D eigenvalue weighted by atomic mass is 10.1. The Hall–Kier alpha value is -3.74. The van der Waals surface area contributed by atoms with Gasteiger partial charge in [-0.1, -0.05) is 42.0 Å². The van der Waals surface area contributed by atoms with Crippen molar-refractivity contribution in [2.75, 3.05) is 6.54 Å². The predicted molar refractivity (Wildman–Crippen MR) is 116 cm³/mol. The van der Waals surface area contributed by atoms with Gasteiger partial charge in [0.25, 0.3) is 5.91 Å². The highest BCUT2D eigenvalue weighted by molar-refractivity contribution is 6.00. The highest BCUT2D eigenvalue weighted by Crippen LogP contribution is 2.35. The summed E-state index contributed by atoms with van der Waals surface area (Å²) in [5.41, 5.74) is 3.33. The van der Waals surface area contributed by atoms with E-state index in [9.17, 15) is 4.79 Å². The molecule has 2 aromatic carbocycles. The van der Waals surface area contributed by atoms with Gasteiger partial charge in [-0.15, -0.1) is 10.2 Å². The Kier molecular flexibility index (Phi) is 5.08. The summed E-state index contributed by atoms with van der Waals surface area (Å²) in [6, 6.07) is 15.9. The molecule has 156 valence electrons. The van der Waals surface area contributed by atoms with Gasteiger partial charge >= 0.3 is 0 Å². The molecule has 1 saturated carbocycles. The average Bonchev–Trinajstić information content (AvgIpc) is 3.32. The Morgan fingerprint density at radius 2 is 1.97 bits per heavy atom. The van der Waals surface area contributed by atoms with Crippen LogP contribution in [0.2, 0.25) is 0 Å². The molecule has 0 bridgehead atoms. The number of aromatic nitrogens is 4. The summed E-state index contributed by atoms with van der Waals surface area (Å²) in [6.07, 6.45) is 6.45. The molecule has 0 saturated heterocycles. The van der Waals surface area contributed by atoms with Crippen molar-refractivity contribution in [1.29, 1.82) is 0 Å². The van der Waals surface area contributed by atoms with Gasteiger partial charge in [0.15, 0.2) is 5.76 Å². The van der Waals surface area contributed by atoms with Crippen molar-refractivity contribution in [2.24, 2.45) is 0 Å². The van der Waals surface area contributed by atoms with Crippen LogP contribution in [0.4, 0.5) is 0 Å². The minimum atomic E-state index is -0.164. The fourth-order valence-electron chi connectivity index (χ4n) is 3.60. The Bertz CT molecular complexity index is 1200. The average molecular weight is 413 g/mol. The maximum Gasteiger partial charge on any atom is 0.252 e. The number of oxazole rings is 1. The summed E-state index contributed by atoms with van der Waals surface area (Å²) >= 11 is 0. The van der Waals surface area contributed by atoms with Crippen LogP contribution >= 0.6 is 0 Å². The highest BCUT2D eigenvalue weighted by Gasteiger charge is 2.26. The summed E-state index contributed by atoms with van der Waals surface area (Å²) in [5.74, 6) is 1.84. The molecule has 31 heavy (non-hydrogen) atoms. The SMILES string of the molecule is Cc1ccc(-c2cnc(-c3ccccc3C(=O)NCCc3nncn3C3CC3)o2)cc1. The van der Waals surface area contributed by atoms with Gasteiger partial charge in [0.1, 0.15) is 12.2 Å². The summed E-state index contributed by atoms with van der Waals surface area (Å²) in [5, 5.41) is 11.2. The molecule has 1 N–H and O–H groups in total. The number of hydrogen-bond acceptors (Lipinski definition) is 5. The number of carbonyl (C=O) groups excluding carboxylic acids is 1. The zero-order valence-corrected chi connectivity index (χ0v) is 17.3. The fraction of sp³-hybridized carbons (Fsp3) is 0.250.